The van der Waals surface area contributed by atoms with Crippen molar-refractivity contribution in [3.05, 3.63) is 87.6 Å². The number of methoxy groups -OCH3 is 1. The summed E-state index contributed by atoms with van der Waals surface area (Å²) in [5.41, 5.74) is 3.74. The number of anilines is 1. The van der Waals surface area contributed by atoms with Gasteiger partial charge in [-0.25, -0.2) is 9.97 Å². The molecule has 71 heavy (non-hydrogen) atoms. The van der Waals surface area contributed by atoms with Crippen molar-refractivity contribution in [1.29, 1.82) is 5.26 Å². The van der Waals surface area contributed by atoms with E-state index in [0.29, 0.717) is 53.9 Å². The molecule has 4 N–H and O–H groups in total. The third-order valence-electron chi connectivity index (χ3n) is 14.0. The van der Waals surface area contributed by atoms with E-state index in [1.54, 1.807) is 43.1 Å². The van der Waals surface area contributed by atoms with Gasteiger partial charge in [0.15, 0.2) is 0 Å². The third kappa shape index (κ3) is 11.9. The summed E-state index contributed by atoms with van der Waals surface area (Å²) in [6.45, 7) is 19.4. The molecule has 7 rings (SSSR count). The minimum absolute atomic E-state index is 0.0379. The van der Waals surface area contributed by atoms with Gasteiger partial charge in [-0.1, -0.05) is 72.2 Å². The fourth-order valence-corrected chi connectivity index (χ4v) is 11.3. The van der Waals surface area contributed by atoms with Crippen molar-refractivity contribution in [2.75, 3.05) is 64.5 Å². The van der Waals surface area contributed by atoms with Gasteiger partial charge in [0.2, 0.25) is 17.7 Å². The first-order valence-corrected chi connectivity index (χ1v) is 25.2. The average Bonchev–Trinajstić information content (AvgIpc) is 3.96. The van der Waals surface area contributed by atoms with E-state index in [-0.39, 0.29) is 44.2 Å². The molecule has 0 unspecified atom stereocenters. The van der Waals surface area contributed by atoms with Gasteiger partial charge in [0.05, 0.1) is 52.1 Å². The third-order valence-corrected chi connectivity index (χ3v) is 15.2. The molecule has 3 aliphatic rings. The van der Waals surface area contributed by atoms with Gasteiger partial charge in [-0.3, -0.25) is 24.1 Å². The fourth-order valence-electron chi connectivity index (χ4n) is 10.3. The van der Waals surface area contributed by atoms with Gasteiger partial charge in [0.25, 0.3) is 5.91 Å². The molecule has 3 atom stereocenters. The lowest BCUT2D eigenvalue weighted by Crippen LogP contribution is -2.74. The zero-order valence-corrected chi connectivity index (χ0v) is 43.6. The number of hydrogen-bond donors (Lipinski definition) is 4. The molecule has 4 heterocycles. The predicted octanol–water partition coefficient (Wildman–Crippen LogP) is 5.61. The number of rotatable bonds is 17. The molecule has 3 fully saturated rings. The second kappa shape index (κ2) is 21.9. The van der Waals surface area contributed by atoms with Crippen LogP contribution < -0.4 is 30.3 Å². The lowest BCUT2D eigenvalue weighted by Gasteiger charge is -2.63. The highest BCUT2D eigenvalue weighted by Gasteiger charge is 2.64. The first kappa shape index (κ1) is 53.0. The number of likely N-dealkylation sites (tertiary alicyclic amines) is 1. The highest BCUT2D eigenvalue weighted by molar-refractivity contribution is 7.13. The topological polar surface area (TPSA) is 212 Å². The van der Waals surface area contributed by atoms with Crippen molar-refractivity contribution in [3.8, 4) is 28.0 Å². The van der Waals surface area contributed by atoms with E-state index in [1.165, 1.54) is 16.2 Å². The normalized spacial score (nSPS) is 21.1. The van der Waals surface area contributed by atoms with Gasteiger partial charge in [-0.05, 0) is 48.2 Å². The molecule has 2 aromatic heterocycles. The molecule has 2 aromatic carbocycles. The van der Waals surface area contributed by atoms with E-state index in [2.05, 4.69) is 69.5 Å². The Morgan fingerprint density at radius 3 is 2.37 bits per heavy atom. The first-order chi connectivity index (χ1) is 33.6. The summed E-state index contributed by atoms with van der Waals surface area (Å²) < 4.78 is 17.8. The van der Waals surface area contributed by atoms with Crippen LogP contribution in [0.5, 0.6) is 11.5 Å². The molecule has 19 heteroatoms. The van der Waals surface area contributed by atoms with E-state index < -0.39 is 52.2 Å². The SMILES string of the molecule is COc1cc(-c2scnc2C)ccc1CNC(=O)[C@@H]1C[C@@H](O)CN1C(=O)[C@@H](NC(=O)COCCN1CCN(c2ccc(C(=O)N[C@H]3C(C)(C)[C@H](Oc4ccc(C#N)c(Cl)c4)C3(C)C)cn2)CC1)C(C)(C)C. The second-order valence-electron chi connectivity index (χ2n) is 20.9. The van der Waals surface area contributed by atoms with Crippen molar-refractivity contribution >= 4 is 52.4 Å². The number of aliphatic hydroxyl groups excluding tert-OH is 1. The summed E-state index contributed by atoms with van der Waals surface area (Å²) in [7, 11) is 1.57. The number of ether oxygens (including phenoxy) is 3. The van der Waals surface area contributed by atoms with Crippen LogP contribution in [0.4, 0.5) is 5.82 Å². The summed E-state index contributed by atoms with van der Waals surface area (Å²) >= 11 is 7.79. The fraction of sp³-hybridized carbons (Fsp3) is 0.519. The molecule has 0 bridgehead atoms. The summed E-state index contributed by atoms with van der Waals surface area (Å²) in [6.07, 6.45) is 0.551. The number of carbonyl (C=O) groups is 4. The number of pyridine rings is 1. The van der Waals surface area contributed by atoms with Gasteiger partial charge in [-0.15, -0.1) is 11.3 Å². The number of piperazine rings is 1. The predicted molar refractivity (Wildman–Crippen MR) is 271 cm³/mol. The highest BCUT2D eigenvalue weighted by atomic mass is 35.5. The van der Waals surface area contributed by atoms with Gasteiger partial charge in [0.1, 0.15) is 48.2 Å². The maximum Gasteiger partial charge on any atom is 0.253 e. The maximum atomic E-state index is 14.1. The lowest BCUT2D eigenvalue weighted by atomic mass is 9.49. The quantitative estimate of drug-likeness (QED) is 0.0950. The Morgan fingerprint density at radius 2 is 1.75 bits per heavy atom. The van der Waals surface area contributed by atoms with E-state index in [1.807, 2.05) is 52.0 Å². The van der Waals surface area contributed by atoms with Crippen molar-refractivity contribution in [3.63, 3.8) is 0 Å². The van der Waals surface area contributed by atoms with Crippen LogP contribution in [0.2, 0.25) is 5.02 Å². The maximum absolute atomic E-state index is 14.1. The Kier molecular flexibility index (Phi) is 16.3. The van der Waals surface area contributed by atoms with Crippen LogP contribution in [0.25, 0.3) is 10.4 Å². The van der Waals surface area contributed by atoms with E-state index >= 15 is 0 Å². The van der Waals surface area contributed by atoms with Crippen molar-refractivity contribution in [1.82, 2.24) is 35.7 Å². The second-order valence-corrected chi connectivity index (χ2v) is 22.1. The first-order valence-electron chi connectivity index (χ1n) is 23.9. The molecule has 0 spiro atoms. The van der Waals surface area contributed by atoms with Crippen molar-refractivity contribution in [2.45, 2.75) is 98.7 Å². The Hall–Kier alpha value is -5.84. The number of β-amino-alcohol motifs (C(OH)–C–C–N with tert-alkyl or cyclic N) is 1. The number of hydrogen-bond acceptors (Lipinski definition) is 14. The number of halogens is 1. The van der Waals surface area contributed by atoms with Gasteiger partial charge >= 0.3 is 0 Å². The number of amides is 4. The van der Waals surface area contributed by atoms with E-state index in [9.17, 15) is 29.5 Å². The van der Waals surface area contributed by atoms with Crippen LogP contribution in [0.1, 0.15) is 82.1 Å². The Labute approximate surface area is 425 Å². The monoisotopic (exact) mass is 1010 g/mol. The number of thiazole rings is 1. The summed E-state index contributed by atoms with van der Waals surface area (Å²) in [5.74, 6) is 0.408. The molecule has 1 aliphatic carbocycles. The number of benzene rings is 2. The van der Waals surface area contributed by atoms with E-state index in [4.69, 9.17) is 25.8 Å². The minimum atomic E-state index is -0.982. The van der Waals surface area contributed by atoms with Gasteiger partial charge in [0, 0.05) is 86.9 Å². The van der Waals surface area contributed by atoms with Crippen LogP contribution in [0.3, 0.4) is 0 Å². The molecule has 2 aliphatic heterocycles. The lowest BCUT2D eigenvalue weighted by molar-refractivity contribution is -0.164. The standard InChI is InChI=1S/C52H66ClN9O8S/c1-31-43(71-30-57-31)32-10-11-34(40(22-32)68-9)26-56-46(66)39-23-36(63)28-62(39)47(67)44(50(2,3)4)58-42(64)29-69-21-20-60-16-18-61(19-17-60)41-15-13-35(27-55-41)45(65)59-48-51(5,6)49(52(48,7)8)70-37-14-12-33(25-54)38(53)24-37/h10-15,22,24,27,30,36,39,44,48-49,63H,16-21,23,26,28-29H2,1-9H3,(H,56,66)(H,58,64)(H,59,65)/t36-,39+,44-,48-,49-/m1/s1. The molecular weight excluding hydrogens is 946 g/mol. The molecule has 2 saturated heterocycles. The van der Waals surface area contributed by atoms with Gasteiger partial charge in [-0.2, -0.15) is 5.26 Å². The number of nitrogens with one attached hydrogen (secondary N) is 3. The average molecular weight is 1010 g/mol. The van der Waals surface area contributed by atoms with Crippen LogP contribution in [0.15, 0.2) is 60.2 Å². The minimum Gasteiger partial charge on any atom is -0.496 e. The number of nitriles is 1. The molecule has 1 saturated carbocycles. The van der Waals surface area contributed by atoms with E-state index in [0.717, 1.165) is 40.6 Å². The number of carbonyl (C=O) groups excluding carboxylic acids is 4. The van der Waals surface area contributed by atoms with Crippen LogP contribution in [-0.4, -0.2) is 138 Å². The van der Waals surface area contributed by atoms with Crippen LogP contribution in [-0.2, 0) is 25.7 Å². The molecular formula is C52H66ClN9O8S. The number of aliphatic hydroxyl groups is 1. The number of aromatic nitrogens is 2. The number of aryl methyl sites for hydroxylation is 1. The highest BCUT2D eigenvalue weighted by Crippen LogP contribution is 2.55. The van der Waals surface area contributed by atoms with Crippen LogP contribution in [0, 0.1) is 34.5 Å². The largest absolute Gasteiger partial charge is 0.496 e. The Morgan fingerprint density at radius 1 is 1.01 bits per heavy atom. The summed E-state index contributed by atoms with van der Waals surface area (Å²) in [4.78, 5) is 70.3. The Bertz CT molecular complexity index is 2610. The molecule has 380 valence electrons. The van der Waals surface area contributed by atoms with Gasteiger partial charge < -0.3 is 45.1 Å². The Balaban J connectivity index is 0.834. The molecule has 4 aromatic rings. The zero-order valence-electron chi connectivity index (χ0n) is 42.0. The smallest absolute Gasteiger partial charge is 0.253 e. The number of nitrogens with zero attached hydrogens (tertiary/aromatic N) is 6. The van der Waals surface area contributed by atoms with Crippen molar-refractivity contribution < 1.29 is 38.5 Å². The summed E-state index contributed by atoms with van der Waals surface area (Å²) in [6, 6.07) is 14.4. The van der Waals surface area contributed by atoms with Crippen LogP contribution >= 0.6 is 22.9 Å². The summed E-state index contributed by atoms with van der Waals surface area (Å²) in [5, 5.41) is 29.2. The molecule has 17 nitrogen and oxygen atoms in total. The zero-order chi connectivity index (χ0) is 51.4. The van der Waals surface area contributed by atoms with Crippen molar-refractivity contribution in [2.24, 2.45) is 16.2 Å². The molecule has 0 radical (unpaired) electrons. The molecule has 4 amide bonds.